The van der Waals surface area contributed by atoms with E-state index in [0.29, 0.717) is 22.6 Å². The minimum Gasteiger partial charge on any atom is -0.497 e. The van der Waals surface area contributed by atoms with Crippen LogP contribution >= 0.6 is 0 Å². The van der Waals surface area contributed by atoms with Crippen LogP contribution in [0.15, 0.2) is 96.7 Å². The largest absolute Gasteiger partial charge is 0.497 e. The molecule has 4 aromatic carbocycles. The summed E-state index contributed by atoms with van der Waals surface area (Å²) >= 11 is 0. The monoisotopic (exact) mass is 434 g/mol. The lowest BCUT2D eigenvalue weighted by molar-refractivity contribution is -0.120. The molecule has 0 aromatic heterocycles. The van der Waals surface area contributed by atoms with Gasteiger partial charge in [0.15, 0.2) is 0 Å². The normalized spacial score (nSPS) is 13.7. The molecule has 1 aliphatic heterocycles. The maximum absolute atomic E-state index is 13.8. The molecule has 0 bridgehead atoms. The molecule has 5 rings (SSSR count). The lowest BCUT2D eigenvalue weighted by Crippen LogP contribution is -2.32. The van der Waals surface area contributed by atoms with E-state index in [2.05, 4.69) is 5.32 Å². The average molecular weight is 434 g/mol. The molecular weight excluding hydrogens is 412 g/mol. The van der Waals surface area contributed by atoms with E-state index < -0.39 is 0 Å². The van der Waals surface area contributed by atoms with Gasteiger partial charge in [0, 0.05) is 11.1 Å². The van der Waals surface area contributed by atoms with Gasteiger partial charge in [-0.15, -0.1) is 0 Å². The molecule has 1 N–H and O–H groups in total. The van der Waals surface area contributed by atoms with Gasteiger partial charge in [-0.25, -0.2) is 4.90 Å². The fraction of sp³-hybridized carbons (Fsp3) is 0.0714. The van der Waals surface area contributed by atoms with Gasteiger partial charge in [-0.2, -0.15) is 0 Å². The molecule has 0 atom stereocenters. The minimum absolute atomic E-state index is 0.253. The Kier molecular flexibility index (Phi) is 5.15. The van der Waals surface area contributed by atoms with Crippen LogP contribution in [0.4, 0.5) is 11.4 Å². The van der Waals surface area contributed by atoms with Gasteiger partial charge < -0.3 is 10.1 Å². The first kappa shape index (κ1) is 20.5. The number of methoxy groups -OCH3 is 1. The number of ether oxygens (including phenoxy) is 1. The number of amides is 2. The molecule has 0 unspecified atom stereocenters. The van der Waals surface area contributed by atoms with E-state index in [1.165, 1.54) is 4.90 Å². The van der Waals surface area contributed by atoms with Crippen LogP contribution in [0.2, 0.25) is 0 Å². The molecule has 1 aliphatic rings. The SMILES string of the molecule is COc1ccc(C2=C(Nc3cccc(C)c3)C(=O)N(c3cccc4ccccc34)C2=O)cc1. The quantitative estimate of drug-likeness (QED) is 0.418. The summed E-state index contributed by atoms with van der Waals surface area (Å²) in [6.07, 6.45) is 0. The maximum atomic E-state index is 13.8. The van der Waals surface area contributed by atoms with Crippen molar-refractivity contribution in [1.82, 2.24) is 0 Å². The molecule has 1 heterocycles. The summed E-state index contributed by atoms with van der Waals surface area (Å²) < 4.78 is 5.26. The summed E-state index contributed by atoms with van der Waals surface area (Å²) in [5.74, 6) is -0.0735. The molecule has 162 valence electrons. The zero-order valence-electron chi connectivity index (χ0n) is 18.3. The molecule has 33 heavy (non-hydrogen) atoms. The van der Waals surface area contributed by atoms with Crippen molar-refractivity contribution in [3.63, 3.8) is 0 Å². The molecule has 4 aromatic rings. The molecule has 0 saturated heterocycles. The summed E-state index contributed by atoms with van der Waals surface area (Å²) in [5.41, 5.74) is 3.59. The van der Waals surface area contributed by atoms with Crippen molar-refractivity contribution < 1.29 is 14.3 Å². The average Bonchev–Trinajstić information content (AvgIpc) is 3.08. The van der Waals surface area contributed by atoms with Gasteiger partial charge in [0.05, 0.1) is 18.4 Å². The van der Waals surface area contributed by atoms with Crippen LogP contribution in [0.5, 0.6) is 5.75 Å². The Bertz CT molecular complexity index is 1420. The molecule has 5 heteroatoms. The lowest BCUT2D eigenvalue weighted by Gasteiger charge is -2.18. The lowest BCUT2D eigenvalue weighted by atomic mass is 10.0. The summed E-state index contributed by atoms with van der Waals surface area (Å²) in [7, 11) is 1.59. The van der Waals surface area contributed by atoms with Crippen LogP contribution in [0.3, 0.4) is 0 Å². The maximum Gasteiger partial charge on any atom is 0.282 e. The Morgan fingerprint density at radius 3 is 2.27 bits per heavy atom. The first-order valence-electron chi connectivity index (χ1n) is 10.7. The van der Waals surface area contributed by atoms with Crippen LogP contribution in [-0.4, -0.2) is 18.9 Å². The van der Waals surface area contributed by atoms with E-state index in [4.69, 9.17) is 4.74 Å². The summed E-state index contributed by atoms with van der Waals surface area (Å²) in [4.78, 5) is 28.7. The first-order valence-corrected chi connectivity index (χ1v) is 10.7. The van der Waals surface area contributed by atoms with Crippen molar-refractivity contribution in [2.45, 2.75) is 6.92 Å². The second-order valence-electron chi connectivity index (χ2n) is 7.92. The predicted molar refractivity (Wildman–Crippen MR) is 131 cm³/mol. The second-order valence-corrected chi connectivity index (χ2v) is 7.92. The van der Waals surface area contributed by atoms with E-state index >= 15 is 0 Å². The standard InChI is InChI=1S/C28H22N2O3/c1-18-7-5-10-21(17-18)29-26-25(20-13-15-22(33-2)16-14-20)27(31)30(28(26)32)24-12-6-9-19-8-3-4-11-23(19)24/h3-17,29H,1-2H3. The number of benzene rings is 4. The number of hydrogen-bond acceptors (Lipinski definition) is 4. The van der Waals surface area contributed by atoms with E-state index in [-0.39, 0.29) is 17.5 Å². The molecule has 0 fully saturated rings. The van der Waals surface area contributed by atoms with Crippen molar-refractivity contribution in [3.8, 4) is 5.75 Å². The highest BCUT2D eigenvalue weighted by Gasteiger charge is 2.40. The molecule has 0 radical (unpaired) electrons. The molecule has 5 nitrogen and oxygen atoms in total. The third kappa shape index (κ3) is 3.64. The summed E-state index contributed by atoms with van der Waals surface area (Å²) in [6, 6.07) is 28.2. The number of carbonyl (C=O) groups excluding carboxylic acids is 2. The van der Waals surface area contributed by atoms with Crippen LogP contribution in [-0.2, 0) is 9.59 Å². The Morgan fingerprint density at radius 2 is 1.52 bits per heavy atom. The fourth-order valence-corrected chi connectivity index (χ4v) is 4.16. The van der Waals surface area contributed by atoms with E-state index in [0.717, 1.165) is 22.0 Å². The van der Waals surface area contributed by atoms with Crippen LogP contribution in [0, 0.1) is 6.92 Å². The van der Waals surface area contributed by atoms with Crippen molar-refractivity contribution in [1.29, 1.82) is 0 Å². The van der Waals surface area contributed by atoms with Crippen molar-refractivity contribution in [3.05, 3.63) is 108 Å². The number of fused-ring (bicyclic) bond motifs is 1. The van der Waals surface area contributed by atoms with Gasteiger partial charge in [0.1, 0.15) is 11.4 Å². The van der Waals surface area contributed by atoms with Gasteiger partial charge in [-0.3, -0.25) is 9.59 Å². The Hall–Kier alpha value is -4.38. The number of rotatable bonds is 5. The summed E-state index contributed by atoms with van der Waals surface area (Å²) in [6.45, 7) is 1.98. The van der Waals surface area contributed by atoms with Crippen molar-refractivity contribution in [2.24, 2.45) is 0 Å². The van der Waals surface area contributed by atoms with Gasteiger partial charge in [0.2, 0.25) is 0 Å². The molecule has 0 spiro atoms. The van der Waals surface area contributed by atoms with Crippen molar-refractivity contribution >= 4 is 39.5 Å². The Balaban J connectivity index is 1.66. The summed E-state index contributed by atoms with van der Waals surface area (Å²) in [5, 5.41) is 5.02. The van der Waals surface area contributed by atoms with E-state index in [1.54, 1.807) is 37.4 Å². The van der Waals surface area contributed by atoms with Gasteiger partial charge in [0.25, 0.3) is 11.8 Å². The number of imide groups is 1. The second kappa shape index (κ2) is 8.28. The number of anilines is 2. The highest BCUT2D eigenvalue weighted by atomic mass is 16.5. The van der Waals surface area contributed by atoms with Crippen LogP contribution in [0.1, 0.15) is 11.1 Å². The minimum atomic E-state index is -0.385. The third-order valence-corrected chi connectivity index (χ3v) is 5.76. The van der Waals surface area contributed by atoms with Crippen LogP contribution in [0.25, 0.3) is 16.3 Å². The number of hydrogen-bond donors (Lipinski definition) is 1. The van der Waals surface area contributed by atoms with E-state index in [9.17, 15) is 9.59 Å². The third-order valence-electron chi connectivity index (χ3n) is 5.76. The molecule has 0 saturated carbocycles. The zero-order valence-corrected chi connectivity index (χ0v) is 18.3. The highest BCUT2D eigenvalue weighted by molar-refractivity contribution is 6.47. The van der Waals surface area contributed by atoms with E-state index in [1.807, 2.05) is 67.6 Å². The van der Waals surface area contributed by atoms with Gasteiger partial charge in [-0.05, 0) is 53.8 Å². The molecule has 2 amide bonds. The number of carbonyl (C=O) groups is 2. The number of nitrogens with zero attached hydrogens (tertiary/aromatic N) is 1. The molecular formula is C28H22N2O3. The highest BCUT2D eigenvalue weighted by Crippen LogP contribution is 2.37. The Labute approximate surface area is 191 Å². The predicted octanol–water partition coefficient (Wildman–Crippen LogP) is 5.55. The van der Waals surface area contributed by atoms with Crippen LogP contribution < -0.4 is 15.0 Å². The topological polar surface area (TPSA) is 58.6 Å². The van der Waals surface area contributed by atoms with Gasteiger partial charge in [-0.1, -0.05) is 60.7 Å². The van der Waals surface area contributed by atoms with Crippen molar-refractivity contribution in [2.75, 3.05) is 17.3 Å². The number of nitrogens with one attached hydrogen (secondary N) is 1. The van der Waals surface area contributed by atoms with Gasteiger partial charge >= 0.3 is 0 Å². The zero-order chi connectivity index (χ0) is 22.9. The molecule has 0 aliphatic carbocycles. The smallest absolute Gasteiger partial charge is 0.282 e. The Morgan fingerprint density at radius 1 is 0.788 bits per heavy atom. The number of aryl methyl sites for hydroxylation is 1. The fourth-order valence-electron chi connectivity index (χ4n) is 4.16. The first-order chi connectivity index (χ1) is 16.1.